The summed E-state index contributed by atoms with van der Waals surface area (Å²) >= 11 is 0. The highest BCUT2D eigenvalue weighted by atomic mass is 19.4. The Morgan fingerprint density at radius 3 is 2.43 bits per heavy atom. The molecular formula is C15H12F4O4. The van der Waals surface area contributed by atoms with Crippen molar-refractivity contribution in [3.8, 4) is 18.1 Å². The lowest BCUT2D eigenvalue weighted by molar-refractivity contribution is -0.148. The molecule has 0 aromatic heterocycles. The highest BCUT2D eigenvalue weighted by Gasteiger charge is 2.35. The van der Waals surface area contributed by atoms with Gasteiger partial charge in [-0.2, -0.15) is 13.2 Å². The molecule has 0 saturated carbocycles. The second-order valence-corrected chi connectivity index (χ2v) is 4.39. The number of rotatable bonds is 5. The highest BCUT2D eigenvalue weighted by molar-refractivity contribution is 5.79. The third kappa shape index (κ3) is 5.62. The molecule has 124 valence electrons. The first kappa shape index (κ1) is 18.5. The monoisotopic (exact) mass is 332 g/mol. The summed E-state index contributed by atoms with van der Waals surface area (Å²) in [6.45, 7) is 1.44. The van der Waals surface area contributed by atoms with Gasteiger partial charge in [-0.1, -0.05) is 12.0 Å². The van der Waals surface area contributed by atoms with Gasteiger partial charge in [0.2, 0.25) is 0 Å². The van der Waals surface area contributed by atoms with E-state index in [2.05, 4.69) is 15.4 Å². The summed E-state index contributed by atoms with van der Waals surface area (Å²) in [7, 11) is 0. The van der Waals surface area contributed by atoms with E-state index in [1.54, 1.807) is 0 Å². The van der Waals surface area contributed by atoms with Gasteiger partial charge >= 0.3 is 18.1 Å². The van der Waals surface area contributed by atoms with E-state index < -0.39 is 54.2 Å². The van der Waals surface area contributed by atoms with Crippen molar-refractivity contribution < 1.29 is 36.6 Å². The van der Waals surface area contributed by atoms with Crippen molar-refractivity contribution in [1.82, 2.24) is 0 Å². The summed E-state index contributed by atoms with van der Waals surface area (Å²) in [5.74, 6) is -2.28. The molecule has 0 aliphatic rings. The maximum atomic E-state index is 13.6. The first-order chi connectivity index (χ1) is 10.6. The minimum absolute atomic E-state index is 0.397. The van der Waals surface area contributed by atoms with Crippen LogP contribution in [0.3, 0.4) is 0 Å². The van der Waals surface area contributed by atoms with E-state index in [1.807, 2.05) is 0 Å². The number of benzene rings is 1. The Morgan fingerprint density at radius 2 is 1.87 bits per heavy atom. The number of carbonyl (C=O) groups is 2. The van der Waals surface area contributed by atoms with Crippen molar-refractivity contribution in [2.45, 2.75) is 32.0 Å². The van der Waals surface area contributed by atoms with Crippen molar-refractivity contribution >= 4 is 11.9 Å². The topological polar surface area (TPSA) is 52.6 Å². The molecule has 0 bridgehead atoms. The maximum absolute atomic E-state index is 13.6. The molecule has 0 fully saturated rings. The van der Waals surface area contributed by atoms with E-state index in [-0.39, 0.29) is 0 Å². The predicted octanol–water partition coefficient (Wildman–Crippen LogP) is 3.10. The molecule has 23 heavy (non-hydrogen) atoms. The molecule has 1 aromatic rings. The van der Waals surface area contributed by atoms with Crippen LogP contribution in [0.1, 0.15) is 25.3 Å². The number of alkyl halides is 3. The lowest BCUT2D eigenvalue weighted by Crippen LogP contribution is -2.17. The van der Waals surface area contributed by atoms with Crippen molar-refractivity contribution in [3.05, 3.63) is 29.6 Å². The number of esters is 2. The Hall–Kier alpha value is -2.56. The van der Waals surface area contributed by atoms with Crippen molar-refractivity contribution in [2.75, 3.05) is 0 Å². The molecule has 1 atom stereocenters. The fourth-order valence-corrected chi connectivity index (χ4v) is 1.48. The van der Waals surface area contributed by atoms with Gasteiger partial charge in [0.15, 0.2) is 17.7 Å². The number of halogens is 4. The molecule has 0 N–H and O–H groups in total. The number of hydrogen-bond donors (Lipinski definition) is 0. The van der Waals surface area contributed by atoms with E-state index >= 15 is 0 Å². The average molecular weight is 332 g/mol. The SMILES string of the molecule is C#CC(C)OC(=O)CCC(=O)Oc1cccc(C(F)(F)F)c1F. The molecule has 0 saturated heterocycles. The van der Waals surface area contributed by atoms with E-state index in [9.17, 15) is 27.2 Å². The van der Waals surface area contributed by atoms with Gasteiger partial charge in [-0.3, -0.25) is 9.59 Å². The van der Waals surface area contributed by atoms with Gasteiger partial charge < -0.3 is 9.47 Å². The van der Waals surface area contributed by atoms with Gasteiger partial charge in [-0.25, -0.2) is 4.39 Å². The van der Waals surface area contributed by atoms with Crippen LogP contribution in [-0.2, 0) is 20.5 Å². The molecule has 4 nitrogen and oxygen atoms in total. The lowest BCUT2D eigenvalue weighted by atomic mass is 10.2. The quantitative estimate of drug-likeness (QED) is 0.360. The largest absolute Gasteiger partial charge is 0.449 e. The smallest absolute Gasteiger partial charge is 0.419 e. The molecule has 1 aromatic carbocycles. The number of terminal acetylenes is 1. The maximum Gasteiger partial charge on any atom is 0.419 e. The number of ether oxygens (including phenoxy) is 2. The Labute approximate surface area is 129 Å². The molecule has 0 amide bonds. The molecule has 0 radical (unpaired) electrons. The Morgan fingerprint density at radius 1 is 1.26 bits per heavy atom. The summed E-state index contributed by atoms with van der Waals surface area (Å²) in [6.07, 6.45) is -1.59. The predicted molar refractivity (Wildman–Crippen MR) is 70.7 cm³/mol. The zero-order valence-corrected chi connectivity index (χ0v) is 11.9. The average Bonchev–Trinajstić information content (AvgIpc) is 2.46. The third-order valence-corrected chi connectivity index (χ3v) is 2.57. The summed E-state index contributed by atoms with van der Waals surface area (Å²) < 4.78 is 60.4. The van der Waals surface area contributed by atoms with Crippen LogP contribution in [0.5, 0.6) is 5.75 Å². The summed E-state index contributed by atoms with van der Waals surface area (Å²) in [4.78, 5) is 22.7. The Bertz CT molecular complexity index is 631. The van der Waals surface area contributed by atoms with E-state index in [0.717, 1.165) is 12.1 Å². The van der Waals surface area contributed by atoms with Crippen LogP contribution in [0.25, 0.3) is 0 Å². The van der Waals surface area contributed by atoms with Crippen molar-refractivity contribution in [2.24, 2.45) is 0 Å². The Kier molecular flexibility index (Phi) is 6.13. The van der Waals surface area contributed by atoms with E-state index in [0.29, 0.717) is 6.07 Å². The third-order valence-electron chi connectivity index (χ3n) is 2.57. The molecule has 0 aliphatic heterocycles. The van der Waals surface area contributed by atoms with Crippen LogP contribution in [0.15, 0.2) is 18.2 Å². The highest BCUT2D eigenvalue weighted by Crippen LogP contribution is 2.34. The number of hydrogen-bond acceptors (Lipinski definition) is 4. The molecule has 0 aliphatic carbocycles. The second kappa shape index (κ2) is 7.63. The molecular weight excluding hydrogens is 320 g/mol. The molecule has 1 unspecified atom stereocenters. The van der Waals surface area contributed by atoms with Crippen LogP contribution >= 0.6 is 0 Å². The van der Waals surface area contributed by atoms with Gasteiger partial charge in [-0.15, -0.1) is 6.42 Å². The first-order valence-corrected chi connectivity index (χ1v) is 6.37. The van der Waals surface area contributed by atoms with E-state index in [4.69, 9.17) is 6.42 Å². The van der Waals surface area contributed by atoms with Crippen molar-refractivity contribution in [3.63, 3.8) is 0 Å². The number of carbonyl (C=O) groups excluding carboxylic acids is 2. The molecule has 1 rings (SSSR count). The van der Waals surface area contributed by atoms with Crippen LogP contribution < -0.4 is 4.74 Å². The summed E-state index contributed by atoms with van der Waals surface area (Å²) in [6, 6.07) is 2.30. The normalized spacial score (nSPS) is 12.2. The fraction of sp³-hybridized carbons (Fsp3) is 0.333. The Balaban J connectivity index is 2.66. The molecule has 8 heteroatoms. The van der Waals surface area contributed by atoms with Gasteiger partial charge in [0.1, 0.15) is 0 Å². The first-order valence-electron chi connectivity index (χ1n) is 6.37. The zero-order chi connectivity index (χ0) is 17.6. The lowest BCUT2D eigenvalue weighted by Gasteiger charge is -2.11. The van der Waals surface area contributed by atoms with Crippen LogP contribution in [0.2, 0.25) is 0 Å². The summed E-state index contributed by atoms with van der Waals surface area (Å²) in [5, 5.41) is 0. The zero-order valence-electron chi connectivity index (χ0n) is 11.9. The van der Waals surface area contributed by atoms with Crippen LogP contribution in [0.4, 0.5) is 17.6 Å². The standard InChI is InChI=1S/C15H12F4O4/c1-3-9(2)22-12(20)7-8-13(21)23-11-6-4-5-10(14(11)16)15(17,18)19/h1,4-6,9H,7-8H2,2H3. The second-order valence-electron chi connectivity index (χ2n) is 4.39. The van der Waals surface area contributed by atoms with Gasteiger partial charge in [-0.05, 0) is 19.1 Å². The van der Waals surface area contributed by atoms with Gasteiger partial charge in [0.05, 0.1) is 18.4 Å². The minimum Gasteiger partial charge on any atom is -0.449 e. The van der Waals surface area contributed by atoms with Crippen LogP contribution in [0, 0.1) is 18.2 Å². The van der Waals surface area contributed by atoms with Crippen molar-refractivity contribution in [1.29, 1.82) is 0 Å². The van der Waals surface area contributed by atoms with Gasteiger partial charge in [0.25, 0.3) is 0 Å². The van der Waals surface area contributed by atoms with Crippen LogP contribution in [-0.4, -0.2) is 18.0 Å². The fourth-order valence-electron chi connectivity index (χ4n) is 1.48. The molecule has 0 heterocycles. The van der Waals surface area contributed by atoms with E-state index in [1.165, 1.54) is 6.92 Å². The molecule has 0 spiro atoms. The minimum atomic E-state index is -4.92. The summed E-state index contributed by atoms with van der Waals surface area (Å²) in [5.41, 5.74) is -1.55. The van der Waals surface area contributed by atoms with Gasteiger partial charge in [0, 0.05) is 0 Å².